The monoisotopic (exact) mass is 363 g/mol. The number of benzene rings is 1. The summed E-state index contributed by atoms with van der Waals surface area (Å²) in [7, 11) is 1.41. The summed E-state index contributed by atoms with van der Waals surface area (Å²) >= 11 is 6.92. The summed E-state index contributed by atoms with van der Waals surface area (Å²) < 4.78 is 5.62. The number of likely N-dealkylation sites (N-methyl/N-ethyl adjacent to an activating group) is 1. The van der Waals surface area contributed by atoms with Crippen LogP contribution in [0.15, 0.2) is 39.7 Å². The number of thioether (sulfide) groups is 1. The molecule has 1 aliphatic heterocycles. The molecule has 0 saturated carbocycles. The molecule has 2 amide bonds. The van der Waals surface area contributed by atoms with Gasteiger partial charge in [-0.05, 0) is 42.1 Å². The molecule has 1 aromatic carbocycles. The first-order valence-corrected chi connectivity index (χ1v) is 7.91. The topological polar surface area (TPSA) is 87.8 Å². The summed E-state index contributed by atoms with van der Waals surface area (Å²) in [6, 6.07) is 7.52. The molecule has 6 nitrogen and oxygen atoms in total. The molecule has 0 spiro atoms. The highest BCUT2D eigenvalue weighted by atomic mass is 35.5. The van der Waals surface area contributed by atoms with Crippen LogP contribution in [-0.2, 0) is 4.79 Å². The molecule has 1 saturated heterocycles. The zero-order valence-corrected chi connectivity index (χ0v) is 13.9. The second-order valence-electron chi connectivity index (χ2n) is 4.94. The van der Waals surface area contributed by atoms with Crippen molar-refractivity contribution >= 4 is 46.6 Å². The first kappa shape index (κ1) is 16.4. The molecule has 0 bridgehead atoms. The second-order valence-corrected chi connectivity index (χ2v) is 6.34. The molecule has 1 N–H and O–H groups in total. The van der Waals surface area contributed by atoms with Crippen LogP contribution in [0.4, 0.5) is 4.79 Å². The number of hydrogen-bond donors (Lipinski definition) is 1. The standard InChI is InChI=1S/C16H10ClNO5S/c1-18-14(19)13(24-16(18)22)7-9-3-5-12(23-9)10-6-8(15(20)21)2-4-11(10)17/h2-7H,1H3,(H,20,21)/b13-7+. The Morgan fingerprint density at radius 3 is 2.67 bits per heavy atom. The molecule has 122 valence electrons. The van der Waals surface area contributed by atoms with Crippen LogP contribution >= 0.6 is 23.4 Å². The van der Waals surface area contributed by atoms with Gasteiger partial charge in [0.25, 0.3) is 11.1 Å². The Balaban J connectivity index is 1.95. The van der Waals surface area contributed by atoms with E-state index in [2.05, 4.69) is 0 Å². The second kappa shape index (κ2) is 6.18. The summed E-state index contributed by atoms with van der Waals surface area (Å²) in [6.45, 7) is 0. The molecule has 2 heterocycles. The van der Waals surface area contributed by atoms with Crippen molar-refractivity contribution in [3.05, 3.63) is 51.6 Å². The van der Waals surface area contributed by atoms with Crippen molar-refractivity contribution in [1.82, 2.24) is 4.90 Å². The van der Waals surface area contributed by atoms with Crippen LogP contribution in [-0.4, -0.2) is 34.2 Å². The van der Waals surface area contributed by atoms with Gasteiger partial charge >= 0.3 is 5.97 Å². The molecule has 3 rings (SSSR count). The van der Waals surface area contributed by atoms with Gasteiger partial charge in [0.2, 0.25) is 0 Å². The Hall–Kier alpha value is -2.51. The van der Waals surface area contributed by atoms with Gasteiger partial charge in [0.05, 0.1) is 15.5 Å². The average molecular weight is 364 g/mol. The van der Waals surface area contributed by atoms with E-state index < -0.39 is 11.9 Å². The normalized spacial score (nSPS) is 16.2. The van der Waals surface area contributed by atoms with Gasteiger partial charge in [-0.1, -0.05) is 11.6 Å². The number of rotatable bonds is 3. The molecular formula is C16H10ClNO5S. The average Bonchev–Trinajstić information content (AvgIpc) is 3.09. The van der Waals surface area contributed by atoms with Crippen LogP contribution in [0.1, 0.15) is 16.1 Å². The number of nitrogens with zero attached hydrogens (tertiary/aromatic N) is 1. The maximum Gasteiger partial charge on any atom is 0.335 e. The molecule has 0 aliphatic carbocycles. The third-order valence-corrected chi connectivity index (χ3v) is 4.66. The highest BCUT2D eigenvalue weighted by molar-refractivity contribution is 8.18. The van der Waals surface area contributed by atoms with Crippen molar-refractivity contribution in [1.29, 1.82) is 0 Å². The quantitative estimate of drug-likeness (QED) is 0.830. The van der Waals surface area contributed by atoms with Crippen LogP contribution in [0, 0.1) is 0 Å². The van der Waals surface area contributed by atoms with Gasteiger partial charge in [0.15, 0.2) is 0 Å². The number of carbonyl (C=O) groups is 3. The van der Waals surface area contributed by atoms with E-state index in [4.69, 9.17) is 21.1 Å². The number of halogens is 1. The summed E-state index contributed by atoms with van der Waals surface area (Å²) in [5, 5.41) is 9.05. The molecule has 0 radical (unpaired) electrons. The molecule has 1 aliphatic rings. The molecule has 2 aromatic rings. The van der Waals surface area contributed by atoms with Crippen molar-refractivity contribution in [2.75, 3.05) is 7.05 Å². The predicted molar refractivity (Wildman–Crippen MR) is 89.8 cm³/mol. The Morgan fingerprint density at radius 2 is 2.04 bits per heavy atom. The predicted octanol–water partition coefficient (Wildman–Crippen LogP) is 3.96. The first-order chi connectivity index (χ1) is 11.4. The lowest BCUT2D eigenvalue weighted by atomic mass is 10.1. The number of amides is 2. The van der Waals surface area contributed by atoms with Gasteiger partial charge in [-0.25, -0.2) is 4.79 Å². The molecule has 24 heavy (non-hydrogen) atoms. The summed E-state index contributed by atoms with van der Waals surface area (Å²) in [5.74, 6) is -0.740. The van der Waals surface area contributed by atoms with E-state index in [1.807, 2.05) is 0 Å². The van der Waals surface area contributed by atoms with Crippen molar-refractivity contribution in [3.8, 4) is 11.3 Å². The van der Waals surface area contributed by atoms with Crippen molar-refractivity contribution in [2.24, 2.45) is 0 Å². The molecular weight excluding hydrogens is 354 g/mol. The lowest BCUT2D eigenvalue weighted by molar-refractivity contribution is -0.121. The highest BCUT2D eigenvalue weighted by Gasteiger charge is 2.32. The number of aromatic carboxylic acids is 1. The molecule has 1 aromatic heterocycles. The van der Waals surface area contributed by atoms with Crippen LogP contribution in [0.2, 0.25) is 5.02 Å². The first-order valence-electron chi connectivity index (χ1n) is 6.71. The Labute approximate surface area is 145 Å². The maximum atomic E-state index is 11.9. The Bertz CT molecular complexity index is 902. The van der Waals surface area contributed by atoms with E-state index in [1.165, 1.54) is 31.3 Å². The van der Waals surface area contributed by atoms with Gasteiger partial charge < -0.3 is 9.52 Å². The van der Waals surface area contributed by atoms with Crippen molar-refractivity contribution in [3.63, 3.8) is 0 Å². The highest BCUT2D eigenvalue weighted by Crippen LogP contribution is 2.34. The number of carboxylic acid groups (broad SMARTS) is 1. The Kier molecular flexibility index (Phi) is 4.21. The van der Waals surface area contributed by atoms with E-state index in [0.29, 0.717) is 22.1 Å². The van der Waals surface area contributed by atoms with Crippen LogP contribution in [0.5, 0.6) is 0 Å². The minimum Gasteiger partial charge on any atom is -0.478 e. The number of furan rings is 1. The van der Waals surface area contributed by atoms with Crippen LogP contribution < -0.4 is 0 Å². The molecule has 1 fully saturated rings. The fourth-order valence-corrected chi connectivity index (χ4v) is 3.12. The van der Waals surface area contributed by atoms with E-state index in [0.717, 1.165) is 16.7 Å². The summed E-state index contributed by atoms with van der Waals surface area (Å²) in [5.41, 5.74) is 0.513. The number of carbonyl (C=O) groups excluding carboxylic acids is 2. The van der Waals surface area contributed by atoms with Crippen molar-refractivity contribution < 1.29 is 23.9 Å². The lowest BCUT2D eigenvalue weighted by Crippen LogP contribution is -2.22. The zero-order chi connectivity index (χ0) is 17.4. The van der Waals surface area contributed by atoms with Crippen LogP contribution in [0.25, 0.3) is 17.4 Å². The number of hydrogen-bond acceptors (Lipinski definition) is 5. The van der Waals surface area contributed by atoms with E-state index >= 15 is 0 Å². The SMILES string of the molecule is CN1C(=O)S/C(=C/c2ccc(-c3cc(C(=O)O)ccc3Cl)o2)C1=O. The maximum absolute atomic E-state index is 11.9. The molecule has 0 atom stereocenters. The number of carboxylic acids is 1. The van der Waals surface area contributed by atoms with E-state index in [-0.39, 0.29) is 15.7 Å². The van der Waals surface area contributed by atoms with Gasteiger partial charge in [-0.2, -0.15) is 0 Å². The third-order valence-electron chi connectivity index (χ3n) is 3.37. The van der Waals surface area contributed by atoms with Gasteiger partial charge in [0, 0.05) is 18.7 Å². The zero-order valence-electron chi connectivity index (χ0n) is 12.3. The van der Waals surface area contributed by atoms with Gasteiger partial charge in [-0.3, -0.25) is 14.5 Å². The fourth-order valence-electron chi connectivity index (χ4n) is 2.10. The van der Waals surface area contributed by atoms with E-state index in [9.17, 15) is 14.4 Å². The van der Waals surface area contributed by atoms with Gasteiger partial charge in [0.1, 0.15) is 11.5 Å². The largest absolute Gasteiger partial charge is 0.478 e. The molecule has 8 heteroatoms. The Morgan fingerprint density at radius 1 is 1.29 bits per heavy atom. The van der Waals surface area contributed by atoms with Crippen molar-refractivity contribution in [2.45, 2.75) is 0 Å². The van der Waals surface area contributed by atoms with Gasteiger partial charge in [-0.15, -0.1) is 0 Å². The smallest absolute Gasteiger partial charge is 0.335 e. The number of imide groups is 1. The summed E-state index contributed by atoms with van der Waals surface area (Å²) in [4.78, 5) is 35.7. The van der Waals surface area contributed by atoms with E-state index in [1.54, 1.807) is 12.1 Å². The minimum atomic E-state index is -1.07. The third kappa shape index (κ3) is 2.95. The molecule has 0 unspecified atom stereocenters. The lowest BCUT2D eigenvalue weighted by Gasteiger charge is -2.02. The minimum absolute atomic E-state index is 0.0828. The summed E-state index contributed by atoms with van der Waals surface area (Å²) in [6.07, 6.45) is 1.47. The fraction of sp³-hybridized carbons (Fsp3) is 0.0625. The van der Waals surface area contributed by atoms with Crippen LogP contribution in [0.3, 0.4) is 0 Å².